The molecular weight excluding hydrogens is 374 g/mol. The van der Waals surface area contributed by atoms with E-state index in [1.54, 1.807) is 23.1 Å². The van der Waals surface area contributed by atoms with Crippen molar-refractivity contribution in [1.82, 2.24) is 9.88 Å². The first-order valence-corrected chi connectivity index (χ1v) is 10.9. The summed E-state index contributed by atoms with van der Waals surface area (Å²) in [5, 5.41) is 0.798. The first-order chi connectivity index (χ1) is 13.1. The first-order valence-electron chi connectivity index (χ1n) is 9.10. The van der Waals surface area contributed by atoms with E-state index in [4.69, 9.17) is 4.98 Å². The third kappa shape index (κ3) is 5.09. The van der Waals surface area contributed by atoms with Crippen molar-refractivity contribution in [1.29, 1.82) is 0 Å². The fourth-order valence-corrected chi connectivity index (χ4v) is 4.61. The van der Waals surface area contributed by atoms with Gasteiger partial charge in [-0.05, 0) is 44.3 Å². The minimum absolute atomic E-state index is 0.0998. The van der Waals surface area contributed by atoms with E-state index < -0.39 is 0 Å². The van der Waals surface area contributed by atoms with E-state index in [1.165, 1.54) is 5.56 Å². The van der Waals surface area contributed by atoms with Crippen LogP contribution in [0.4, 0.5) is 5.13 Å². The van der Waals surface area contributed by atoms with Crippen molar-refractivity contribution in [3.05, 3.63) is 54.1 Å². The molecule has 0 radical (unpaired) electrons. The Balaban J connectivity index is 1.83. The highest BCUT2D eigenvalue weighted by Gasteiger charge is 2.20. The van der Waals surface area contributed by atoms with Crippen molar-refractivity contribution in [3.63, 3.8) is 0 Å². The number of nitrogens with zero attached hydrogens (tertiary/aromatic N) is 3. The first kappa shape index (κ1) is 19.9. The van der Waals surface area contributed by atoms with Crippen molar-refractivity contribution in [2.75, 3.05) is 37.8 Å². The summed E-state index contributed by atoms with van der Waals surface area (Å²) in [5.41, 5.74) is 2.26. The summed E-state index contributed by atoms with van der Waals surface area (Å²) < 4.78 is 1.14. The molecule has 3 aromatic rings. The molecule has 0 unspecified atom stereocenters. The molecule has 27 heavy (non-hydrogen) atoms. The van der Waals surface area contributed by atoms with Crippen molar-refractivity contribution in [2.45, 2.75) is 18.2 Å². The average molecular weight is 400 g/mol. The average Bonchev–Trinajstić information content (AvgIpc) is 3.11. The molecule has 0 saturated heterocycles. The maximum Gasteiger partial charge on any atom is 0.239 e. The number of para-hydroxylation sites is 1. The van der Waals surface area contributed by atoms with E-state index in [2.05, 4.69) is 30.0 Å². The molecule has 0 aliphatic heterocycles. The second kappa shape index (κ2) is 9.35. The van der Waals surface area contributed by atoms with Gasteiger partial charge in [-0.1, -0.05) is 48.6 Å². The van der Waals surface area contributed by atoms with Gasteiger partial charge in [0.05, 0.1) is 16.0 Å². The Morgan fingerprint density at radius 3 is 2.56 bits per heavy atom. The minimum atomic E-state index is 0.0998. The highest BCUT2D eigenvalue weighted by Crippen LogP contribution is 2.31. The highest BCUT2D eigenvalue weighted by molar-refractivity contribution is 8.00. The van der Waals surface area contributed by atoms with Gasteiger partial charge in [-0.25, -0.2) is 4.98 Å². The lowest BCUT2D eigenvalue weighted by molar-refractivity contribution is -0.116. The number of amides is 1. The molecule has 0 fully saturated rings. The van der Waals surface area contributed by atoms with Gasteiger partial charge in [-0.15, -0.1) is 11.8 Å². The quantitative estimate of drug-likeness (QED) is 0.521. The fourth-order valence-electron chi connectivity index (χ4n) is 2.76. The Labute approximate surface area is 169 Å². The van der Waals surface area contributed by atoms with Crippen LogP contribution in [-0.4, -0.2) is 48.7 Å². The third-order valence-corrected chi connectivity index (χ3v) is 6.32. The molecule has 0 aliphatic rings. The van der Waals surface area contributed by atoms with Crippen LogP contribution >= 0.6 is 23.1 Å². The molecule has 142 valence electrons. The van der Waals surface area contributed by atoms with E-state index in [-0.39, 0.29) is 5.91 Å². The van der Waals surface area contributed by atoms with Crippen LogP contribution in [0.25, 0.3) is 10.2 Å². The van der Waals surface area contributed by atoms with Crippen LogP contribution in [0.1, 0.15) is 12.5 Å². The van der Waals surface area contributed by atoms with Gasteiger partial charge >= 0.3 is 0 Å². The Bertz CT molecular complexity index is 893. The molecule has 2 aromatic carbocycles. The van der Waals surface area contributed by atoms with Gasteiger partial charge in [0.2, 0.25) is 5.91 Å². The maximum atomic E-state index is 13.0. The third-order valence-electron chi connectivity index (χ3n) is 4.28. The zero-order valence-corrected chi connectivity index (χ0v) is 17.6. The summed E-state index contributed by atoms with van der Waals surface area (Å²) in [6.45, 7) is 3.58. The summed E-state index contributed by atoms with van der Waals surface area (Å²) in [6, 6.07) is 16.3. The lowest BCUT2D eigenvalue weighted by atomic mass is 10.1. The van der Waals surface area contributed by atoms with Gasteiger partial charge in [0.1, 0.15) is 0 Å². The number of carbonyl (C=O) groups is 1. The number of benzene rings is 2. The zero-order chi connectivity index (χ0) is 19.2. The van der Waals surface area contributed by atoms with E-state index in [9.17, 15) is 4.79 Å². The largest absolute Gasteiger partial charge is 0.308 e. The van der Waals surface area contributed by atoms with Crippen molar-refractivity contribution >= 4 is 44.4 Å². The second-order valence-corrected chi connectivity index (χ2v) is 8.62. The molecule has 0 aliphatic carbocycles. The van der Waals surface area contributed by atoms with Crippen LogP contribution in [0.3, 0.4) is 0 Å². The van der Waals surface area contributed by atoms with E-state index in [0.717, 1.165) is 33.2 Å². The number of anilines is 1. The molecule has 1 aromatic heterocycles. The Kier molecular flexibility index (Phi) is 6.88. The molecule has 3 rings (SSSR count). The molecule has 0 saturated carbocycles. The number of aromatic nitrogens is 1. The SMILES string of the molecule is CCc1cccc2sc(N(CCN(C)C)C(=O)CSc3ccccc3)nc12. The highest BCUT2D eigenvalue weighted by atomic mass is 32.2. The van der Waals surface area contributed by atoms with E-state index in [0.29, 0.717) is 12.3 Å². The number of thioether (sulfide) groups is 1. The molecule has 0 atom stereocenters. The van der Waals surface area contributed by atoms with E-state index in [1.807, 2.05) is 49.3 Å². The van der Waals surface area contributed by atoms with Crippen molar-refractivity contribution < 1.29 is 4.79 Å². The van der Waals surface area contributed by atoms with E-state index >= 15 is 0 Å². The van der Waals surface area contributed by atoms with Gasteiger partial charge in [0.25, 0.3) is 0 Å². The summed E-state index contributed by atoms with van der Waals surface area (Å²) in [7, 11) is 4.05. The number of likely N-dealkylation sites (N-methyl/N-ethyl adjacent to an activating group) is 1. The monoisotopic (exact) mass is 399 g/mol. The summed E-state index contributed by atoms with van der Waals surface area (Å²) >= 11 is 3.18. The number of aryl methyl sites for hydroxylation is 1. The second-order valence-electron chi connectivity index (χ2n) is 6.56. The predicted octanol–water partition coefficient (Wildman–Crippen LogP) is 4.55. The fraction of sp³-hybridized carbons (Fsp3) is 0.333. The predicted molar refractivity (Wildman–Crippen MR) is 117 cm³/mol. The van der Waals surface area contributed by atoms with Crippen molar-refractivity contribution in [3.8, 4) is 0 Å². The van der Waals surface area contributed by atoms with Gasteiger partial charge < -0.3 is 4.90 Å². The van der Waals surface area contributed by atoms with Crippen LogP contribution in [0.2, 0.25) is 0 Å². The standard InChI is InChI=1S/C21H25N3OS2/c1-4-16-9-8-12-18-20(16)22-21(27-18)24(14-13-23(2)3)19(25)15-26-17-10-6-5-7-11-17/h5-12H,4,13-15H2,1-3H3. The Hall–Kier alpha value is -1.89. The maximum absolute atomic E-state index is 13.0. The van der Waals surface area contributed by atoms with Crippen molar-refractivity contribution in [2.24, 2.45) is 0 Å². The lowest BCUT2D eigenvalue weighted by Gasteiger charge is -2.21. The summed E-state index contributed by atoms with van der Waals surface area (Å²) in [6.07, 6.45) is 0.940. The van der Waals surface area contributed by atoms with Gasteiger partial charge in [0, 0.05) is 18.0 Å². The zero-order valence-electron chi connectivity index (χ0n) is 16.0. The van der Waals surface area contributed by atoms with Gasteiger partial charge in [-0.3, -0.25) is 9.69 Å². The number of fused-ring (bicyclic) bond motifs is 1. The van der Waals surface area contributed by atoms with Crippen LogP contribution < -0.4 is 4.90 Å². The van der Waals surface area contributed by atoms with Gasteiger partial charge in [0.15, 0.2) is 5.13 Å². The molecule has 1 amide bonds. The van der Waals surface area contributed by atoms with Gasteiger partial charge in [-0.2, -0.15) is 0 Å². The Morgan fingerprint density at radius 1 is 1.07 bits per heavy atom. The molecule has 1 heterocycles. The molecule has 0 N–H and O–H groups in total. The van der Waals surface area contributed by atoms with Crippen LogP contribution in [0.15, 0.2) is 53.4 Å². The number of hydrogen-bond donors (Lipinski definition) is 0. The number of hydrogen-bond acceptors (Lipinski definition) is 5. The molecule has 6 heteroatoms. The summed E-state index contributed by atoms with van der Waals surface area (Å²) in [5.74, 6) is 0.511. The lowest BCUT2D eigenvalue weighted by Crippen LogP contribution is -2.37. The van der Waals surface area contributed by atoms with Crippen LogP contribution in [0, 0.1) is 0 Å². The number of carbonyl (C=O) groups excluding carboxylic acids is 1. The minimum Gasteiger partial charge on any atom is -0.308 e. The topological polar surface area (TPSA) is 36.4 Å². The molecular formula is C21H25N3OS2. The molecule has 0 bridgehead atoms. The summed E-state index contributed by atoms with van der Waals surface area (Å²) in [4.78, 5) is 22.9. The number of rotatable bonds is 8. The number of thiazole rings is 1. The Morgan fingerprint density at radius 2 is 1.85 bits per heavy atom. The molecule has 0 spiro atoms. The smallest absolute Gasteiger partial charge is 0.239 e. The molecule has 4 nitrogen and oxygen atoms in total. The normalized spacial score (nSPS) is 11.3. The van der Waals surface area contributed by atoms with Crippen LogP contribution in [0.5, 0.6) is 0 Å². The van der Waals surface area contributed by atoms with Crippen LogP contribution in [-0.2, 0) is 11.2 Å².